The molecule has 1 unspecified atom stereocenters. The molecule has 2 aliphatic rings. The predicted octanol–water partition coefficient (Wildman–Crippen LogP) is 5.02. The Balaban J connectivity index is 1.61. The molecular formula is C22H27N. The molecule has 23 heavy (non-hydrogen) atoms. The number of hydrogen-bond donors (Lipinski definition) is 1. The van der Waals surface area contributed by atoms with Gasteiger partial charge in [-0.25, -0.2) is 0 Å². The Morgan fingerprint density at radius 2 is 1.61 bits per heavy atom. The average molecular weight is 305 g/mol. The molecule has 0 fully saturated rings. The Kier molecular flexibility index (Phi) is 3.88. The SMILES string of the molecule is Cc1ccccc1CC(C)Nc1c2c(cc3c1CCC3)CCC2. The van der Waals surface area contributed by atoms with Crippen LogP contribution in [0.3, 0.4) is 0 Å². The molecule has 1 heteroatoms. The molecule has 0 heterocycles. The molecule has 1 N–H and O–H groups in total. The van der Waals surface area contributed by atoms with E-state index >= 15 is 0 Å². The molecular weight excluding hydrogens is 278 g/mol. The summed E-state index contributed by atoms with van der Waals surface area (Å²) in [5.74, 6) is 0. The normalized spacial score (nSPS) is 17.0. The number of aryl methyl sites for hydroxylation is 3. The van der Waals surface area contributed by atoms with Crippen molar-refractivity contribution in [3.05, 3.63) is 63.7 Å². The first-order chi connectivity index (χ1) is 11.2. The van der Waals surface area contributed by atoms with Gasteiger partial charge in [-0.2, -0.15) is 0 Å². The molecule has 1 atom stereocenters. The standard InChI is InChI=1S/C22H27N/c1-15-7-3-4-8-17(15)13-16(2)23-22-20-11-5-9-18(20)14-19-10-6-12-21(19)22/h3-4,7-8,14,16,23H,5-6,9-13H2,1-2H3. The van der Waals surface area contributed by atoms with Crippen LogP contribution in [0.25, 0.3) is 0 Å². The van der Waals surface area contributed by atoms with Crippen LogP contribution in [0.5, 0.6) is 0 Å². The quantitative estimate of drug-likeness (QED) is 0.836. The predicted molar refractivity (Wildman–Crippen MR) is 98.5 cm³/mol. The van der Waals surface area contributed by atoms with Crippen molar-refractivity contribution in [1.29, 1.82) is 0 Å². The molecule has 0 radical (unpaired) electrons. The fourth-order valence-electron chi connectivity index (χ4n) is 4.46. The minimum atomic E-state index is 0.480. The molecule has 1 nitrogen and oxygen atoms in total. The molecule has 0 bridgehead atoms. The number of anilines is 1. The van der Waals surface area contributed by atoms with Crippen LogP contribution in [0.15, 0.2) is 30.3 Å². The van der Waals surface area contributed by atoms with Crippen LogP contribution >= 0.6 is 0 Å². The maximum atomic E-state index is 3.92. The zero-order valence-electron chi connectivity index (χ0n) is 14.4. The van der Waals surface area contributed by atoms with E-state index in [0.717, 1.165) is 6.42 Å². The van der Waals surface area contributed by atoms with Crippen molar-refractivity contribution in [2.75, 3.05) is 5.32 Å². The molecule has 0 saturated heterocycles. The highest BCUT2D eigenvalue weighted by Crippen LogP contribution is 2.39. The van der Waals surface area contributed by atoms with E-state index in [9.17, 15) is 0 Å². The molecule has 0 amide bonds. The summed E-state index contributed by atoms with van der Waals surface area (Å²) >= 11 is 0. The van der Waals surface area contributed by atoms with Gasteiger partial charge in [-0.05, 0) is 92.2 Å². The van der Waals surface area contributed by atoms with Crippen molar-refractivity contribution >= 4 is 5.69 Å². The lowest BCUT2D eigenvalue weighted by molar-refractivity contribution is 0.780. The molecule has 0 saturated carbocycles. The molecule has 2 aliphatic carbocycles. The molecule has 2 aromatic carbocycles. The maximum Gasteiger partial charge on any atom is 0.0412 e. The van der Waals surface area contributed by atoms with E-state index in [1.54, 1.807) is 22.3 Å². The lowest BCUT2D eigenvalue weighted by Crippen LogP contribution is -2.20. The van der Waals surface area contributed by atoms with Crippen LogP contribution in [0.4, 0.5) is 5.69 Å². The summed E-state index contributed by atoms with van der Waals surface area (Å²) in [6.45, 7) is 4.56. The number of hydrogen-bond acceptors (Lipinski definition) is 1. The fraction of sp³-hybridized carbons (Fsp3) is 0.455. The Bertz CT molecular complexity index is 697. The van der Waals surface area contributed by atoms with Gasteiger partial charge >= 0.3 is 0 Å². The second kappa shape index (κ2) is 6.03. The number of fused-ring (bicyclic) bond motifs is 2. The van der Waals surface area contributed by atoms with Gasteiger partial charge in [0.2, 0.25) is 0 Å². The molecule has 2 aromatic rings. The Morgan fingerprint density at radius 3 is 2.26 bits per heavy atom. The first kappa shape index (κ1) is 14.8. The van der Waals surface area contributed by atoms with Crippen molar-refractivity contribution in [2.24, 2.45) is 0 Å². The van der Waals surface area contributed by atoms with Gasteiger partial charge in [-0.15, -0.1) is 0 Å². The van der Waals surface area contributed by atoms with Crippen molar-refractivity contribution < 1.29 is 0 Å². The minimum Gasteiger partial charge on any atom is -0.382 e. The van der Waals surface area contributed by atoms with Gasteiger partial charge in [0.15, 0.2) is 0 Å². The van der Waals surface area contributed by atoms with Gasteiger partial charge in [0.1, 0.15) is 0 Å². The van der Waals surface area contributed by atoms with Crippen LogP contribution in [0.1, 0.15) is 53.1 Å². The summed E-state index contributed by atoms with van der Waals surface area (Å²) in [5.41, 5.74) is 10.9. The van der Waals surface area contributed by atoms with Crippen LogP contribution in [0, 0.1) is 6.92 Å². The summed E-state index contributed by atoms with van der Waals surface area (Å²) in [4.78, 5) is 0. The van der Waals surface area contributed by atoms with Crippen molar-refractivity contribution in [3.63, 3.8) is 0 Å². The highest BCUT2D eigenvalue weighted by molar-refractivity contribution is 5.66. The van der Waals surface area contributed by atoms with Gasteiger partial charge < -0.3 is 5.32 Å². The summed E-state index contributed by atoms with van der Waals surface area (Å²) in [6, 6.07) is 11.8. The highest BCUT2D eigenvalue weighted by atomic mass is 14.9. The zero-order valence-corrected chi connectivity index (χ0v) is 14.4. The van der Waals surface area contributed by atoms with Crippen molar-refractivity contribution in [1.82, 2.24) is 0 Å². The van der Waals surface area contributed by atoms with Gasteiger partial charge in [-0.3, -0.25) is 0 Å². The van der Waals surface area contributed by atoms with E-state index in [1.807, 2.05) is 0 Å². The van der Waals surface area contributed by atoms with Crippen molar-refractivity contribution in [3.8, 4) is 0 Å². The second-order valence-electron chi connectivity index (χ2n) is 7.41. The zero-order chi connectivity index (χ0) is 15.8. The summed E-state index contributed by atoms with van der Waals surface area (Å²) in [7, 11) is 0. The van der Waals surface area contributed by atoms with Crippen LogP contribution in [0.2, 0.25) is 0 Å². The van der Waals surface area contributed by atoms with Crippen LogP contribution in [-0.4, -0.2) is 6.04 Å². The van der Waals surface area contributed by atoms with Gasteiger partial charge in [0.25, 0.3) is 0 Å². The lowest BCUT2D eigenvalue weighted by atomic mass is 9.97. The molecule has 0 aromatic heterocycles. The van der Waals surface area contributed by atoms with Gasteiger partial charge in [-0.1, -0.05) is 30.3 Å². The maximum absolute atomic E-state index is 3.92. The van der Waals surface area contributed by atoms with Gasteiger partial charge in [0, 0.05) is 11.7 Å². The first-order valence-electron chi connectivity index (χ1n) is 9.20. The third kappa shape index (κ3) is 2.78. The van der Waals surface area contributed by atoms with E-state index in [1.165, 1.54) is 55.3 Å². The smallest absolute Gasteiger partial charge is 0.0412 e. The summed E-state index contributed by atoms with van der Waals surface area (Å²) in [5, 5.41) is 3.92. The van der Waals surface area contributed by atoms with E-state index in [-0.39, 0.29) is 0 Å². The Morgan fingerprint density at radius 1 is 0.957 bits per heavy atom. The number of nitrogens with one attached hydrogen (secondary N) is 1. The fourth-order valence-corrected chi connectivity index (χ4v) is 4.46. The van der Waals surface area contributed by atoms with E-state index < -0.39 is 0 Å². The number of benzene rings is 2. The van der Waals surface area contributed by atoms with E-state index in [4.69, 9.17) is 0 Å². The van der Waals surface area contributed by atoms with E-state index in [0.29, 0.717) is 6.04 Å². The van der Waals surface area contributed by atoms with Crippen LogP contribution in [-0.2, 0) is 32.1 Å². The molecule has 0 spiro atoms. The highest BCUT2D eigenvalue weighted by Gasteiger charge is 2.24. The third-order valence-corrected chi connectivity index (χ3v) is 5.65. The number of rotatable bonds is 4. The third-order valence-electron chi connectivity index (χ3n) is 5.65. The molecule has 4 rings (SSSR count). The minimum absolute atomic E-state index is 0.480. The lowest BCUT2D eigenvalue weighted by Gasteiger charge is -2.22. The Hall–Kier alpha value is -1.76. The topological polar surface area (TPSA) is 12.0 Å². The largest absolute Gasteiger partial charge is 0.382 e. The second-order valence-corrected chi connectivity index (χ2v) is 7.41. The van der Waals surface area contributed by atoms with E-state index in [2.05, 4.69) is 49.5 Å². The summed E-state index contributed by atoms with van der Waals surface area (Å²) < 4.78 is 0. The summed E-state index contributed by atoms with van der Waals surface area (Å²) in [6.07, 6.45) is 8.86. The average Bonchev–Trinajstić information content (AvgIpc) is 3.18. The van der Waals surface area contributed by atoms with Crippen LogP contribution < -0.4 is 5.32 Å². The van der Waals surface area contributed by atoms with Gasteiger partial charge in [0.05, 0.1) is 0 Å². The first-order valence-corrected chi connectivity index (χ1v) is 9.20. The molecule has 120 valence electrons. The monoisotopic (exact) mass is 305 g/mol. The molecule has 0 aliphatic heterocycles. The Labute approximate surface area is 140 Å². The van der Waals surface area contributed by atoms with Crippen molar-refractivity contribution in [2.45, 2.75) is 64.8 Å².